The molecule has 0 radical (unpaired) electrons. The molecule has 0 amide bonds. The summed E-state index contributed by atoms with van der Waals surface area (Å²) in [6, 6.07) is 9.13. The van der Waals surface area contributed by atoms with Gasteiger partial charge >= 0.3 is 0 Å². The second kappa shape index (κ2) is 4.34. The average molecular weight is 210 g/mol. The molecule has 0 aliphatic rings. The molecule has 0 saturated heterocycles. The Morgan fingerprint density at radius 2 is 2.00 bits per heavy atom. The predicted molar refractivity (Wildman–Crippen MR) is 56.4 cm³/mol. The zero-order valence-electron chi connectivity index (χ0n) is 8.25. The molecule has 0 spiro atoms. The van der Waals surface area contributed by atoms with E-state index in [1.807, 2.05) is 6.92 Å². The fourth-order valence-corrected chi connectivity index (χ4v) is 1.06. The minimum Gasteiger partial charge on any atom is -0.473 e. The first-order valence-electron chi connectivity index (χ1n) is 4.45. The molecule has 1 rings (SSSR count). The van der Waals surface area contributed by atoms with Crippen LogP contribution < -0.4 is 4.74 Å². The van der Waals surface area contributed by atoms with E-state index in [0.29, 0.717) is 17.2 Å². The molecule has 74 valence electrons. The van der Waals surface area contributed by atoms with E-state index in [0.717, 1.165) is 0 Å². The Hall–Kier alpha value is -1.20. The SMILES string of the molecule is CCC(C)(C#N)Oc1ccc(Cl)cc1. The highest BCUT2D eigenvalue weighted by Gasteiger charge is 2.22. The Labute approximate surface area is 89.1 Å². The van der Waals surface area contributed by atoms with Gasteiger partial charge in [0.15, 0.2) is 5.60 Å². The van der Waals surface area contributed by atoms with E-state index >= 15 is 0 Å². The van der Waals surface area contributed by atoms with Crippen LogP contribution in [0.15, 0.2) is 24.3 Å². The van der Waals surface area contributed by atoms with E-state index < -0.39 is 5.60 Å². The highest BCUT2D eigenvalue weighted by atomic mass is 35.5. The molecular formula is C11H12ClNO. The summed E-state index contributed by atoms with van der Waals surface area (Å²) in [5.41, 5.74) is -0.756. The molecule has 0 heterocycles. The number of hydrogen-bond acceptors (Lipinski definition) is 2. The molecule has 1 atom stereocenters. The third-order valence-corrected chi connectivity index (χ3v) is 2.32. The fraction of sp³-hybridized carbons (Fsp3) is 0.364. The summed E-state index contributed by atoms with van der Waals surface area (Å²) >= 11 is 5.73. The number of nitriles is 1. The number of nitrogens with zero attached hydrogens (tertiary/aromatic N) is 1. The molecule has 2 nitrogen and oxygen atoms in total. The van der Waals surface area contributed by atoms with Crippen LogP contribution in [0.2, 0.25) is 5.02 Å². The second-order valence-corrected chi connectivity index (χ2v) is 3.69. The first kappa shape index (κ1) is 10.9. The quantitative estimate of drug-likeness (QED) is 0.764. The summed E-state index contributed by atoms with van der Waals surface area (Å²) in [6.45, 7) is 3.68. The van der Waals surface area contributed by atoms with Crippen LogP contribution in [0.5, 0.6) is 5.75 Å². The molecule has 14 heavy (non-hydrogen) atoms. The molecule has 0 aromatic heterocycles. The maximum absolute atomic E-state index is 8.90. The lowest BCUT2D eigenvalue weighted by atomic mass is 10.1. The molecular weight excluding hydrogens is 198 g/mol. The molecule has 1 aromatic carbocycles. The van der Waals surface area contributed by atoms with Gasteiger partial charge < -0.3 is 4.74 Å². The van der Waals surface area contributed by atoms with E-state index in [2.05, 4.69) is 6.07 Å². The van der Waals surface area contributed by atoms with Crippen molar-refractivity contribution in [2.24, 2.45) is 0 Å². The van der Waals surface area contributed by atoms with Crippen molar-refractivity contribution in [3.8, 4) is 11.8 Å². The van der Waals surface area contributed by atoms with Crippen LogP contribution in [0.4, 0.5) is 0 Å². The van der Waals surface area contributed by atoms with Crippen molar-refractivity contribution in [1.29, 1.82) is 5.26 Å². The fourth-order valence-electron chi connectivity index (χ4n) is 0.937. The second-order valence-electron chi connectivity index (χ2n) is 3.25. The average Bonchev–Trinajstić information content (AvgIpc) is 2.21. The number of rotatable bonds is 3. The standard InChI is InChI=1S/C11H12ClNO/c1-3-11(2,8-13)14-10-6-4-9(12)5-7-10/h4-7H,3H2,1-2H3. The number of benzene rings is 1. The van der Waals surface area contributed by atoms with E-state index in [4.69, 9.17) is 21.6 Å². The topological polar surface area (TPSA) is 33.0 Å². The van der Waals surface area contributed by atoms with Gasteiger partial charge in [0.1, 0.15) is 11.8 Å². The summed E-state index contributed by atoms with van der Waals surface area (Å²) < 4.78 is 5.54. The normalized spacial score (nSPS) is 14.1. The molecule has 0 aliphatic heterocycles. The van der Waals surface area contributed by atoms with Crippen molar-refractivity contribution in [3.05, 3.63) is 29.3 Å². The van der Waals surface area contributed by atoms with E-state index in [1.165, 1.54) is 0 Å². The summed E-state index contributed by atoms with van der Waals surface area (Å²) in [6.07, 6.45) is 0.645. The molecule has 1 aromatic rings. The highest BCUT2D eigenvalue weighted by Crippen LogP contribution is 2.22. The minimum atomic E-state index is -0.756. The van der Waals surface area contributed by atoms with Crippen LogP contribution >= 0.6 is 11.6 Å². The molecule has 0 N–H and O–H groups in total. The predicted octanol–water partition coefficient (Wildman–Crippen LogP) is 3.41. The van der Waals surface area contributed by atoms with Gasteiger partial charge in [-0.1, -0.05) is 18.5 Å². The van der Waals surface area contributed by atoms with Crippen LogP contribution in [0.1, 0.15) is 20.3 Å². The Kier molecular flexibility index (Phi) is 3.38. The number of ether oxygens (including phenoxy) is 1. The van der Waals surface area contributed by atoms with Crippen LogP contribution in [-0.4, -0.2) is 5.60 Å². The zero-order valence-corrected chi connectivity index (χ0v) is 9.01. The van der Waals surface area contributed by atoms with Crippen molar-refractivity contribution in [3.63, 3.8) is 0 Å². The van der Waals surface area contributed by atoms with E-state index in [1.54, 1.807) is 31.2 Å². The zero-order chi connectivity index (χ0) is 10.6. The Bertz CT molecular complexity index is 341. The Morgan fingerprint density at radius 3 is 2.43 bits per heavy atom. The van der Waals surface area contributed by atoms with Gasteiger partial charge in [-0.25, -0.2) is 0 Å². The molecule has 3 heteroatoms. The Balaban J connectivity index is 2.79. The van der Waals surface area contributed by atoms with Gasteiger partial charge in [-0.2, -0.15) is 5.26 Å². The molecule has 0 saturated carbocycles. The largest absolute Gasteiger partial charge is 0.473 e. The van der Waals surface area contributed by atoms with Gasteiger partial charge in [-0.3, -0.25) is 0 Å². The van der Waals surface area contributed by atoms with Crippen molar-refractivity contribution in [1.82, 2.24) is 0 Å². The lowest BCUT2D eigenvalue weighted by Crippen LogP contribution is -2.29. The van der Waals surface area contributed by atoms with E-state index in [9.17, 15) is 0 Å². The van der Waals surface area contributed by atoms with Gasteiger partial charge in [0.25, 0.3) is 0 Å². The summed E-state index contributed by atoms with van der Waals surface area (Å²) in [7, 11) is 0. The van der Waals surface area contributed by atoms with Crippen LogP contribution in [0.25, 0.3) is 0 Å². The van der Waals surface area contributed by atoms with Gasteiger partial charge in [0.2, 0.25) is 0 Å². The van der Waals surface area contributed by atoms with Crippen molar-refractivity contribution >= 4 is 11.6 Å². The summed E-state index contributed by atoms with van der Waals surface area (Å²) in [5, 5.41) is 9.56. The summed E-state index contributed by atoms with van der Waals surface area (Å²) in [4.78, 5) is 0. The van der Waals surface area contributed by atoms with Gasteiger partial charge in [-0.15, -0.1) is 0 Å². The molecule has 1 unspecified atom stereocenters. The van der Waals surface area contributed by atoms with Crippen molar-refractivity contribution in [2.45, 2.75) is 25.9 Å². The van der Waals surface area contributed by atoms with E-state index in [-0.39, 0.29) is 0 Å². The maximum Gasteiger partial charge on any atom is 0.191 e. The molecule has 0 aliphatic carbocycles. The summed E-state index contributed by atoms with van der Waals surface area (Å²) in [5.74, 6) is 0.667. The lowest BCUT2D eigenvalue weighted by molar-refractivity contribution is 0.144. The van der Waals surface area contributed by atoms with Crippen molar-refractivity contribution in [2.75, 3.05) is 0 Å². The third-order valence-electron chi connectivity index (χ3n) is 2.07. The number of hydrogen-bond donors (Lipinski definition) is 0. The van der Waals surface area contributed by atoms with Gasteiger partial charge in [-0.05, 0) is 37.6 Å². The molecule has 0 fully saturated rings. The van der Waals surface area contributed by atoms with Crippen LogP contribution in [0, 0.1) is 11.3 Å². The minimum absolute atomic E-state index is 0.645. The van der Waals surface area contributed by atoms with Crippen LogP contribution in [-0.2, 0) is 0 Å². The first-order valence-corrected chi connectivity index (χ1v) is 4.83. The Morgan fingerprint density at radius 1 is 1.43 bits per heavy atom. The van der Waals surface area contributed by atoms with Gasteiger partial charge in [0, 0.05) is 5.02 Å². The lowest BCUT2D eigenvalue weighted by Gasteiger charge is -2.21. The maximum atomic E-state index is 8.90. The van der Waals surface area contributed by atoms with Gasteiger partial charge in [0.05, 0.1) is 0 Å². The number of halogens is 1. The van der Waals surface area contributed by atoms with Crippen LogP contribution in [0.3, 0.4) is 0 Å². The smallest absolute Gasteiger partial charge is 0.191 e. The molecule has 0 bridgehead atoms. The first-order chi connectivity index (χ1) is 6.59. The monoisotopic (exact) mass is 209 g/mol. The third kappa shape index (κ3) is 2.65. The van der Waals surface area contributed by atoms with Crippen molar-refractivity contribution < 1.29 is 4.74 Å². The highest BCUT2D eigenvalue weighted by molar-refractivity contribution is 6.30.